The van der Waals surface area contributed by atoms with E-state index in [0.29, 0.717) is 38.4 Å². The molecule has 1 aromatic heterocycles. The van der Waals surface area contributed by atoms with Crippen molar-refractivity contribution in [1.29, 1.82) is 0 Å². The van der Waals surface area contributed by atoms with Crippen LogP contribution in [0.5, 0.6) is 0 Å². The number of piperazine rings is 1. The van der Waals surface area contributed by atoms with E-state index in [2.05, 4.69) is 30.8 Å². The topological polar surface area (TPSA) is 170 Å². The lowest BCUT2D eigenvalue weighted by atomic mass is 10.0. The fourth-order valence-corrected chi connectivity index (χ4v) is 4.35. The van der Waals surface area contributed by atoms with Crippen molar-refractivity contribution in [3.63, 3.8) is 0 Å². The maximum absolute atomic E-state index is 12.8. The Morgan fingerprint density at radius 2 is 1.60 bits per heavy atom. The summed E-state index contributed by atoms with van der Waals surface area (Å²) in [5, 5.41) is 13.8. The number of nitrogens with one attached hydrogen (secondary N) is 2. The Kier molecular flexibility index (Phi) is 12.0. The van der Waals surface area contributed by atoms with Crippen molar-refractivity contribution in [3.8, 4) is 0 Å². The number of carbonyl (C=O) groups excluding carboxylic acids is 4. The van der Waals surface area contributed by atoms with Gasteiger partial charge in [-0.2, -0.15) is 0 Å². The highest BCUT2D eigenvalue weighted by Crippen LogP contribution is 2.17. The molecule has 45 heavy (non-hydrogen) atoms. The van der Waals surface area contributed by atoms with Crippen molar-refractivity contribution in [2.24, 2.45) is 4.99 Å². The summed E-state index contributed by atoms with van der Waals surface area (Å²) in [5.74, 6) is -0.709. The Morgan fingerprint density at radius 3 is 2.20 bits per heavy atom. The molecule has 0 unspecified atom stereocenters. The summed E-state index contributed by atoms with van der Waals surface area (Å²) in [4.78, 5) is 57.6. The van der Waals surface area contributed by atoms with Gasteiger partial charge in [0, 0.05) is 32.7 Å². The lowest BCUT2D eigenvalue weighted by Gasteiger charge is -2.36. The van der Waals surface area contributed by atoms with Gasteiger partial charge in [0.1, 0.15) is 17.7 Å². The number of alkyl carbamates (subject to hydrolysis) is 1. The number of hydrogen-bond donors (Lipinski definition) is 2. The van der Waals surface area contributed by atoms with Gasteiger partial charge in [0.05, 0.1) is 31.5 Å². The molecular formula is C30H44N8O7. The number of hydrogen-bond acceptors (Lipinski definition) is 10. The fourth-order valence-electron chi connectivity index (χ4n) is 4.35. The molecule has 1 saturated heterocycles. The first kappa shape index (κ1) is 35.0. The van der Waals surface area contributed by atoms with Crippen LogP contribution >= 0.6 is 0 Å². The van der Waals surface area contributed by atoms with Crippen LogP contribution in [0.25, 0.3) is 0 Å². The van der Waals surface area contributed by atoms with E-state index >= 15 is 0 Å². The minimum Gasteiger partial charge on any atom is -0.469 e. The SMILES string of the molecule is COC(=O)C[C@H](NC(=O)Cn1cc(CN2CCN(/C(=N/C(=O)OC(C)(C)C)NC(=O)OC(C)(C)C)CC2)nn1)c1ccccc1. The molecule has 3 rings (SSSR count). The average molecular weight is 629 g/mol. The Bertz CT molecular complexity index is 1340. The highest BCUT2D eigenvalue weighted by Gasteiger charge is 2.26. The van der Waals surface area contributed by atoms with E-state index in [4.69, 9.17) is 14.2 Å². The molecular weight excluding hydrogens is 584 g/mol. The van der Waals surface area contributed by atoms with Crippen LogP contribution in [0.3, 0.4) is 0 Å². The molecule has 3 amide bonds. The molecule has 15 heteroatoms. The second-order valence-corrected chi connectivity index (χ2v) is 12.5. The predicted molar refractivity (Wildman–Crippen MR) is 164 cm³/mol. The van der Waals surface area contributed by atoms with Gasteiger partial charge in [-0.05, 0) is 47.1 Å². The van der Waals surface area contributed by atoms with Crippen LogP contribution in [0.1, 0.15) is 65.3 Å². The molecule has 1 aromatic carbocycles. The van der Waals surface area contributed by atoms with Crippen LogP contribution in [-0.2, 0) is 36.9 Å². The first-order valence-electron chi connectivity index (χ1n) is 14.7. The summed E-state index contributed by atoms with van der Waals surface area (Å²) in [6, 6.07) is 8.65. The number of aliphatic imine (C=N–C) groups is 1. The quantitative estimate of drug-likeness (QED) is 0.191. The van der Waals surface area contributed by atoms with Crippen molar-refractivity contribution in [2.75, 3.05) is 33.3 Å². The third-order valence-electron chi connectivity index (χ3n) is 6.29. The number of benzene rings is 1. The molecule has 2 aromatic rings. The number of nitrogens with zero attached hydrogens (tertiary/aromatic N) is 6. The van der Waals surface area contributed by atoms with Crippen molar-refractivity contribution in [2.45, 2.75) is 78.3 Å². The molecule has 0 spiro atoms. The first-order chi connectivity index (χ1) is 21.1. The summed E-state index contributed by atoms with van der Waals surface area (Å²) >= 11 is 0. The monoisotopic (exact) mass is 628 g/mol. The Labute approximate surface area is 263 Å². The number of rotatable bonds is 8. The lowest BCUT2D eigenvalue weighted by molar-refractivity contribution is -0.141. The predicted octanol–water partition coefficient (Wildman–Crippen LogP) is 2.63. The van der Waals surface area contributed by atoms with Gasteiger partial charge in [0.2, 0.25) is 11.9 Å². The maximum atomic E-state index is 12.8. The van der Waals surface area contributed by atoms with Gasteiger partial charge in [-0.15, -0.1) is 10.1 Å². The van der Waals surface area contributed by atoms with Crippen LogP contribution in [0.4, 0.5) is 9.59 Å². The van der Waals surface area contributed by atoms with Crippen LogP contribution < -0.4 is 10.6 Å². The fraction of sp³-hybridized carbons (Fsp3) is 0.567. The molecule has 1 aliphatic rings. The van der Waals surface area contributed by atoms with Gasteiger partial charge in [0.15, 0.2) is 0 Å². The van der Waals surface area contributed by atoms with Gasteiger partial charge in [0.25, 0.3) is 0 Å². The van der Waals surface area contributed by atoms with Crippen LogP contribution in [-0.4, -0.2) is 99.3 Å². The highest BCUT2D eigenvalue weighted by atomic mass is 16.6. The summed E-state index contributed by atoms with van der Waals surface area (Å²) < 4.78 is 16.9. The van der Waals surface area contributed by atoms with Crippen molar-refractivity contribution in [1.82, 2.24) is 35.4 Å². The molecule has 0 radical (unpaired) electrons. The van der Waals surface area contributed by atoms with Crippen molar-refractivity contribution in [3.05, 3.63) is 47.8 Å². The molecule has 0 aliphatic carbocycles. The van der Waals surface area contributed by atoms with Crippen LogP contribution in [0.2, 0.25) is 0 Å². The van der Waals surface area contributed by atoms with E-state index < -0.39 is 35.4 Å². The Morgan fingerprint density at radius 1 is 0.956 bits per heavy atom. The third-order valence-corrected chi connectivity index (χ3v) is 6.29. The van der Waals surface area contributed by atoms with Crippen molar-refractivity contribution < 1.29 is 33.4 Å². The molecule has 1 fully saturated rings. The number of ether oxygens (including phenoxy) is 3. The second kappa shape index (κ2) is 15.5. The number of esters is 1. The largest absolute Gasteiger partial charge is 0.469 e. The highest BCUT2D eigenvalue weighted by molar-refractivity contribution is 5.99. The standard InChI is InChI=1S/C30H44N8O7/c1-29(2,3)44-27(41)32-26(33-28(42)45-30(4,5)6)37-15-13-36(14-16-37)18-22-19-38(35-34-22)20-24(39)31-23(17-25(40)43-7)21-11-9-8-10-12-21/h8-12,19,23H,13-18,20H2,1-7H3,(H,31,39)(H,32,33,41,42)/t23-/m0/s1. The van der Waals surface area contributed by atoms with E-state index in [1.807, 2.05) is 30.3 Å². The third kappa shape index (κ3) is 12.5. The lowest BCUT2D eigenvalue weighted by Crippen LogP contribution is -2.54. The minimum absolute atomic E-state index is 0.00166. The zero-order chi connectivity index (χ0) is 33.2. The first-order valence-corrected chi connectivity index (χ1v) is 14.7. The van der Waals surface area contributed by atoms with Crippen LogP contribution in [0, 0.1) is 0 Å². The van der Waals surface area contributed by atoms with Crippen LogP contribution in [0.15, 0.2) is 41.5 Å². The normalized spacial score (nSPS) is 15.2. The number of methoxy groups -OCH3 is 1. The van der Waals surface area contributed by atoms with E-state index in [0.717, 1.165) is 5.56 Å². The molecule has 15 nitrogen and oxygen atoms in total. The molecule has 0 saturated carbocycles. The Balaban J connectivity index is 1.57. The number of aromatic nitrogens is 3. The molecule has 1 atom stereocenters. The van der Waals surface area contributed by atoms with E-state index in [-0.39, 0.29) is 24.8 Å². The number of amides is 3. The van der Waals surface area contributed by atoms with Gasteiger partial charge in [-0.1, -0.05) is 35.5 Å². The van der Waals surface area contributed by atoms with Crippen molar-refractivity contribution >= 4 is 30.0 Å². The summed E-state index contributed by atoms with van der Waals surface area (Å²) in [5.41, 5.74) is -0.0266. The Hall–Kier alpha value is -4.53. The van der Waals surface area contributed by atoms with Gasteiger partial charge in [-0.25, -0.2) is 14.3 Å². The number of guanidine groups is 1. The zero-order valence-electron chi connectivity index (χ0n) is 27.0. The molecule has 2 heterocycles. The molecule has 246 valence electrons. The van der Waals surface area contributed by atoms with E-state index in [1.165, 1.54) is 11.8 Å². The van der Waals surface area contributed by atoms with Gasteiger partial charge in [-0.3, -0.25) is 19.8 Å². The number of carbonyl (C=O) groups is 4. The van der Waals surface area contributed by atoms with E-state index in [9.17, 15) is 19.2 Å². The van der Waals surface area contributed by atoms with E-state index in [1.54, 1.807) is 52.6 Å². The summed E-state index contributed by atoms with van der Waals surface area (Å²) in [6.45, 7) is 12.9. The molecule has 2 N–H and O–H groups in total. The maximum Gasteiger partial charge on any atom is 0.437 e. The second-order valence-electron chi connectivity index (χ2n) is 12.5. The zero-order valence-corrected chi connectivity index (χ0v) is 27.0. The smallest absolute Gasteiger partial charge is 0.437 e. The molecule has 0 bridgehead atoms. The minimum atomic E-state index is -0.822. The van der Waals surface area contributed by atoms with Gasteiger partial charge < -0.3 is 24.4 Å². The summed E-state index contributed by atoms with van der Waals surface area (Å²) in [6.07, 6.45) is 0.145. The summed E-state index contributed by atoms with van der Waals surface area (Å²) in [7, 11) is 1.31. The van der Waals surface area contributed by atoms with Gasteiger partial charge >= 0.3 is 18.2 Å². The average Bonchev–Trinajstić information content (AvgIpc) is 3.37. The molecule has 1 aliphatic heterocycles.